The van der Waals surface area contributed by atoms with Gasteiger partial charge in [-0.3, -0.25) is 4.90 Å². The van der Waals surface area contributed by atoms with Gasteiger partial charge in [-0.25, -0.2) is 4.98 Å². The standard InChI is InChI=1S/C35H46N4O4/c1-6-30(32-9-8-10-33(37-32)39-35(42-7-2)29(22-40)19-36-39)34(24(3)4)43-23-28-12-11-27-21-38(16-13-31(27)25(28)5)20-26-14-17-41-18-15-26/h6,8-12,19,26,40H,7,13-18,20-23H2,1-5H3/b30-6-. The molecule has 2 aliphatic rings. The molecule has 0 radical (unpaired) electrons. The molecule has 4 heterocycles. The molecule has 230 valence electrons. The van der Waals surface area contributed by atoms with E-state index in [1.165, 1.54) is 41.6 Å². The highest BCUT2D eigenvalue weighted by atomic mass is 16.5. The summed E-state index contributed by atoms with van der Waals surface area (Å²) in [6, 6.07) is 10.4. The van der Waals surface area contributed by atoms with E-state index in [1.54, 1.807) is 10.9 Å². The predicted octanol–water partition coefficient (Wildman–Crippen LogP) is 6.17. The Labute approximate surface area is 256 Å². The first-order chi connectivity index (χ1) is 20.9. The minimum absolute atomic E-state index is 0.151. The summed E-state index contributed by atoms with van der Waals surface area (Å²) in [4.78, 5) is 7.56. The topological polar surface area (TPSA) is 81.9 Å². The van der Waals surface area contributed by atoms with Crippen molar-refractivity contribution in [1.82, 2.24) is 19.7 Å². The molecule has 0 saturated carbocycles. The van der Waals surface area contributed by atoms with Crippen LogP contribution in [0.25, 0.3) is 11.4 Å². The number of nitrogens with zero attached hydrogens (tertiary/aromatic N) is 4. The second-order valence-electron chi connectivity index (χ2n) is 11.7. The van der Waals surface area contributed by atoms with Crippen LogP contribution in [-0.2, 0) is 35.7 Å². The van der Waals surface area contributed by atoms with Gasteiger partial charge in [-0.15, -0.1) is 0 Å². The minimum Gasteiger partial charge on any atom is -0.488 e. The minimum atomic E-state index is -0.151. The lowest BCUT2D eigenvalue weighted by Gasteiger charge is -2.34. The molecule has 2 aliphatic heterocycles. The molecule has 0 atom stereocenters. The van der Waals surface area contributed by atoms with Crippen LogP contribution in [0.3, 0.4) is 0 Å². The highest BCUT2D eigenvalue weighted by molar-refractivity contribution is 5.76. The molecule has 0 bridgehead atoms. The molecular weight excluding hydrogens is 540 g/mol. The number of benzene rings is 1. The monoisotopic (exact) mass is 586 g/mol. The van der Waals surface area contributed by atoms with Crippen molar-refractivity contribution in [1.29, 1.82) is 0 Å². The van der Waals surface area contributed by atoms with Gasteiger partial charge < -0.3 is 19.3 Å². The van der Waals surface area contributed by atoms with E-state index < -0.39 is 0 Å². The highest BCUT2D eigenvalue weighted by Gasteiger charge is 2.24. The van der Waals surface area contributed by atoms with Gasteiger partial charge in [0, 0.05) is 38.4 Å². The molecule has 1 fully saturated rings. The van der Waals surface area contributed by atoms with Crippen LogP contribution in [0.15, 0.2) is 53.9 Å². The zero-order valence-corrected chi connectivity index (χ0v) is 26.4. The Bertz CT molecular complexity index is 1460. The molecule has 0 amide bonds. The maximum absolute atomic E-state index is 9.74. The van der Waals surface area contributed by atoms with E-state index in [2.05, 4.69) is 42.9 Å². The van der Waals surface area contributed by atoms with E-state index in [-0.39, 0.29) is 6.61 Å². The molecular formula is C35H46N4O4. The van der Waals surface area contributed by atoms with E-state index in [1.807, 2.05) is 38.1 Å². The van der Waals surface area contributed by atoms with Crippen molar-refractivity contribution in [2.75, 3.05) is 32.9 Å². The maximum Gasteiger partial charge on any atom is 0.223 e. The average molecular weight is 587 g/mol. The Morgan fingerprint density at radius 3 is 2.67 bits per heavy atom. The molecule has 8 nitrogen and oxygen atoms in total. The predicted molar refractivity (Wildman–Crippen MR) is 169 cm³/mol. The van der Waals surface area contributed by atoms with Crippen molar-refractivity contribution in [2.45, 2.75) is 73.6 Å². The Morgan fingerprint density at radius 1 is 1.14 bits per heavy atom. The molecule has 0 unspecified atom stereocenters. The number of aromatic nitrogens is 3. The van der Waals surface area contributed by atoms with Gasteiger partial charge in [0.05, 0.1) is 30.7 Å². The normalized spacial score (nSPS) is 16.2. The Morgan fingerprint density at radius 2 is 1.95 bits per heavy atom. The van der Waals surface area contributed by atoms with Gasteiger partial charge in [-0.05, 0) is 99.8 Å². The fourth-order valence-electron chi connectivity index (χ4n) is 6.22. The van der Waals surface area contributed by atoms with Crippen LogP contribution in [0, 0.1) is 12.8 Å². The van der Waals surface area contributed by atoms with Gasteiger partial charge in [-0.2, -0.15) is 9.78 Å². The van der Waals surface area contributed by atoms with Gasteiger partial charge in [0.15, 0.2) is 5.82 Å². The number of fused-ring (bicyclic) bond motifs is 1. The van der Waals surface area contributed by atoms with Gasteiger partial charge >= 0.3 is 0 Å². The zero-order chi connectivity index (χ0) is 30.3. The second-order valence-corrected chi connectivity index (χ2v) is 11.7. The van der Waals surface area contributed by atoms with Gasteiger partial charge in [0.1, 0.15) is 12.4 Å². The summed E-state index contributed by atoms with van der Waals surface area (Å²) < 4.78 is 19.6. The van der Waals surface area contributed by atoms with Gasteiger partial charge in [-0.1, -0.05) is 24.3 Å². The Balaban J connectivity index is 1.31. The van der Waals surface area contributed by atoms with Crippen LogP contribution < -0.4 is 4.74 Å². The number of rotatable bonds is 11. The summed E-state index contributed by atoms with van der Waals surface area (Å²) in [6.07, 6.45) is 7.11. The number of aliphatic hydroxyl groups excluding tert-OH is 1. The molecule has 5 rings (SSSR count). The van der Waals surface area contributed by atoms with Crippen LogP contribution in [-0.4, -0.2) is 57.7 Å². The Kier molecular flexibility index (Phi) is 10.3. The average Bonchev–Trinajstić information content (AvgIpc) is 3.43. The van der Waals surface area contributed by atoms with Crippen molar-refractivity contribution in [3.05, 3.63) is 87.4 Å². The number of ether oxygens (including phenoxy) is 3. The third kappa shape index (κ3) is 7.03. The first-order valence-corrected chi connectivity index (χ1v) is 15.6. The first kappa shape index (κ1) is 31.0. The SMILES string of the molecule is C/C=C(\C(OCc1ccc2c(c1C)CCN(CC1CCOCC1)C2)=C(C)C)c1cccc(-n2ncc(CO)c2OCC)n1. The number of hydrogen-bond acceptors (Lipinski definition) is 7. The molecule has 2 aromatic heterocycles. The molecule has 1 saturated heterocycles. The molecule has 43 heavy (non-hydrogen) atoms. The van der Waals surface area contributed by atoms with Crippen molar-refractivity contribution < 1.29 is 19.3 Å². The van der Waals surface area contributed by atoms with Crippen LogP contribution in [0.1, 0.15) is 74.0 Å². The molecule has 1 N–H and O–H groups in total. The number of aliphatic hydroxyl groups is 1. The van der Waals surface area contributed by atoms with Crippen LogP contribution in [0.4, 0.5) is 0 Å². The quantitative estimate of drug-likeness (QED) is 0.213. The van der Waals surface area contributed by atoms with Gasteiger partial charge in [0.25, 0.3) is 0 Å². The van der Waals surface area contributed by atoms with Crippen LogP contribution in [0.5, 0.6) is 5.88 Å². The number of pyridine rings is 1. The van der Waals surface area contributed by atoms with E-state index >= 15 is 0 Å². The summed E-state index contributed by atoms with van der Waals surface area (Å²) in [6.45, 7) is 16.3. The van der Waals surface area contributed by atoms with E-state index in [9.17, 15) is 5.11 Å². The molecule has 0 aliphatic carbocycles. The zero-order valence-electron chi connectivity index (χ0n) is 26.4. The highest BCUT2D eigenvalue weighted by Crippen LogP contribution is 2.31. The molecule has 1 aromatic carbocycles. The largest absolute Gasteiger partial charge is 0.488 e. The maximum atomic E-state index is 9.74. The second kappa shape index (κ2) is 14.3. The van der Waals surface area contributed by atoms with Crippen molar-refractivity contribution >= 4 is 5.57 Å². The van der Waals surface area contributed by atoms with Crippen LogP contribution >= 0.6 is 0 Å². The fourth-order valence-corrected chi connectivity index (χ4v) is 6.22. The third-order valence-corrected chi connectivity index (χ3v) is 8.57. The lowest BCUT2D eigenvalue weighted by Crippen LogP contribution is -2.36. The summed E-state index contributed by atoms with van der Waals surface area (Å²) in [5.74, 6) is 2.70. The van der Waals surface area contributed by atoms with E-state index in [0.717, 1.165) is 61.2 Å². The summed E-state index contributed by atoms with van der Waals surface area (Å²) in [5.41, 5.74) is 8.92. The lowest BCUT2D eigenvalue weighted by atomic mass is 9.91. The first-order valence-electron chi connectivity index (χ1n) is 15.6. The summed E-state index contributed by atoms with van der Waals surface area (Å²) >= 11 is 0. The smallest absolute Gasteiger partial charge is 0.223 e. The molecule has 0 spiro atoms. The van der Waals surface area contributed by atoms with Crippen molar-refractivity contribution in [3.63, 3.8) is 0 Å². The number of hydrogen-bond donors (Lipinski definition) is 1. The van der Waals surface area contributed by atoms with Crippen molar-refractivity contribution in [3.8, 4) is 11.7 Å². The fraction of sp³-hybridized carbons (Fsp3) is 0.486. The summed E-state index contributed by atoms with van der Waals surface area (Å²) in [5, 5.41) is 14.2. The molecule has 3 aromatic rings. The van der Waals surface area contributed by atoms with E-state index in [4.69, 9.17) is 19.2 Å². The van der Waals surface area contributed by atoms with E-state index in [0.29, 0.717) is 30.5 Å². The lowest BCUT2D eigenvalue weighted by molar-refractivity contribution is 0.0506. The van der Waals surface area contributed by atoms with Crippen LogP contribution in [0.2, 0.25) is 0 Å². The third-order valence-electron chi connectivity index (χ3n) is 8.57. The van der Waals surface area contributed by atoms with Gasteiger partial charge in [0.2, 0.25) is 5.88 Å². The Hall–Kier alpha value is -3.46. The van der Waals surface area contributed by atoms with Crippen molar-refractivity contribution in [2.24, 2.45) is 5.92 Å². The molecule has 8 heteroatoms. The number of allylic oxidation sites excluding steroid dienone is 3. The summed E-state index contributed by atoms with van der Waals surface area (Å²) in [7, 11) is 0.